The fraction of sp³-hybridized carbons (Fsp3) is 0.414. The molecule has 2 aliphatic heterocycles. The van der Waals surface area contributed by atoms with E-state index in [0.29, 0.717) is 40.6 Å². The number of rotatable bonds is 6. The lowest BCUT2D eigenvalue weighted by Crippen LogP contribution is -2.58. The second-order valence-electron chi connectivity index (χ2n) is 10.3. The summed E-state index contributed by atoms with van der Waals surface area (Å²) in [5.74, 6) is -0.462. The highest BCUT2D eigenvalue weighted by Gasteiger charge is 2.35. The van der Waals surface area contributed by atoms with Crippen molar-refractivity contribution < 1.29 is 23.0 Å². The van der Waals surface area contributed by atoms with Gasteiger partial charge < -0.3 is 19.3 Å². The number of aryl methyl sites for hydroxylation is 1. The van der Waals surface area contributed by atoms with Crippen LogP contribution < -0.4 is 10.6 Å². The number of carbonyl (C=O) groups is 1. The number of aromatic nitrogens is 2. The Morgan fingerprint density at radius 3 is 2.58 bits per heavy atom. The maximum absolute atomic E-state index is 15.1. The molecule has 0 N–H and O–H groups in total. The van der Waals surface area contributed by atoms with Gasteiger partial charge in [0.2, 0.25) is 5.91 Å². The summed E-state index contributed by atoms with van der Waals surface area (Å²) in [6.07, 6.45) is 0.962. The summed E-state index contributed by atoms with van der Waals surface area (Å²) in [4.78, 5) is 35.2. The van der Waals surface area contributed by atoms with Crippen LogP contribution >= 0.6 is 11.8 Å². The molecule has 2 aromatic carbocycles. The summed E-state index contributed by atoms with van der Waals surface area (Å²) in [5, 5.41) is 0.751. The molecule has 0 spiro atoms. The first kappa shape index (κ1) is 28.3. The van der Waals surface area contributed by atoms with Crippen LogP contribution in [-0.2, 0) is 20.8 Å². The van der Waals surface area contributed by atoms with Gasteiger partial charge in [0.25, 0.3) is 0 Å². The molecular formula is C29H32F2N4O4S. The largest absolute Gasteiger partial charge is 0.359 e. The van der Waals surface area contributed by atoms with E-state index >= 15 is 4.39 Å². The van der Waals surface area contributed by atoms with Crippen LogP contribution in [0, 0.1) is 18.6 Å². The Morgan fingerprint density at radius 2 is 1.93 bits per heavy atom. The normalized spacial score (nSPS) is 21.0. The number of methoxy groups -OCH3 is 1. The number of piperazine rings is 1. The molecule has 11 heteroatoms. The smallest absolute Gasteiger partial charge is 0.350 e. The standard InChI is InChI=1S/C29H32F2N4O4S/c1-6-24(36)35-17(3)11-33(12-18(35)4)28-22-9-16(2)25(21-8-7-19(30)10-23(21)31)27-26(22)34(29(37)32-28)13-20(14-40-27)39-15-38-5/h6-10,17-18,20H,1,11-15H2,2-5H3/t17-,18+,20-/m1/s1. The van der Waals surface area contributed by atoms with E-state index < -0.39 is 17.3 Å². The predicted molar refractivity (Wildman–Crippen MR) is 152 cm³/mol. The van der Waals surface area contributed by atoms with E-state index in [-0.39, 0.29) is 43.0 Å². The van der Waals surface area contributed by atoms with Crippen LogP contribution in [0.1, 0.15) is 19.4 Å². The molecule has 1 aromatic heterocycles. The minimum atomic E-state index is -0.676. The molecule has 1 saturated heterocycles. The predicted octanol–water partition coefficient (Wildman–Crippen LogP) is 4.36. The first-order chi connectivity index (χ1) is 19.1. The van der Waals surface area contributed by atoms with Gasteiger partial charge in [-0.1, -0.05) is 6.58 Å². The Balaban J connectivity index is 1.72. The van der Waals surface area contributed by atoms with Crippen LogP contribution in [0.5, 0.6) is 0 Å². The van der Waals surface area contributed by atoms with E-state index in [1.807, 2.05) is 31.7 Å². The molecule has 3 heterocycles. The Bertz CT molecular complexity index is 1530. The molecule has 3 aromatic rings. The summed E-state index contributed by atoms with van der Waals surface area (Å²) in [7, 11) is 1.53. The van der Waals surface area contributed by atoms with Crippen molar-refractivity contribution in [1.29, 1.82) is 0 Å². The lowest BCUT2D eigenvalue weighted by Gasteiger charge is -2.44. The molecule has 0 saturated carbocycles. The maximum atomic E-state index is 15.1. The highest BCUT2D eigenvalue weighted by atomic mass is 32.2. The molecule has 5 rings (SSSR count). The number of anilines is 1. The number of halogens is 2. The average Bonchev–Trinajstić information content (AvgIpc) is 3.10. The van der Waals surface area contributed by atoms with Gasteiger partial charge in [-0.3, -0.25) is 9.36 Å². The number of carbonyl (C=O) groups excluding carboxylic acids is 1. The van der Waals surface area contributed by atoms with Crippen LogP contribution in [0.3, 0.4) is 0 Å². The summed E-state index contributed by atoms with van der Waals surface area (Å²) >= 11 is 1.47. The van der Waals surface area contributed by atoms with Crippen molar-refractivity contribution >= 4 is 34.4 Å². The van der Waals surface area contributed by atoms with Gasteiger partial charge in [0.15, 0.2) is 0 Å². The lowest BCUT2D eigenvalue weighted by molar-refractivity contribution is -0.130. The lowest BCUT2D eigenvalue weighted by atomic mass is 9.97. The van der Waals surface area contributed by atoms with Gasteiger partial charge >= 0.3 is 5.69 Å². The van der Waals surface area contributed by atoms with Gasteiger partial charge in [0.1, 0.15) is 24.2 Å². The van der Waals surface area contributed by atoms with E-state index in [1.54, 1.807) is 9.47 Å². The topological polar surface area (TPSA) is 76.9 Å². The van der Waals surface area contributed by atoms with Crippen molar-refractivity contribution in [2.45, 2.75) is 50.4 Å². The molecule has 3 atom stereocenters. The zero-order valence-electron chi connectivity index (χ0n) is 22.9. The highest BCUT2D eigenvalue weighted by Crippen LogP contribution is 2.44. The Labute approximate surface area is 235 Å². The number of nitrogens with zero attached hydrogens (tertiary/aromatic N) is 4. The van der Waals surface area contributed by atoms with E-state index in [0.717, 1.165) is 17.0 Å². The molecule has 0 unspecified atom stereocenters. The average molecular weight is 571 g/mol. The van der Waals surface area contributed by atoms with E-state index in [9.17, 15) is 14.0 Å². The fourth-order valence-electron chi connectivity index (χ4n) is 5.83. The van der Waals surface area contributed by atoms with Crippen molar-refractivity contribution in [2.24, 2.45) is 0 Å². The summed E-state index contributed by atoms with van der Waals surface area (Å²) in [6.45, 7) is 10.7. The molecule has 8 nitrogen and oxygen atoms in total. The van der Waals surface area contributed by atoms with Crippen LogP contribution in [0.15, 0.2) is 46.6 Å². The molecule has 40 heavy (non-hydrogen) atoms. The number of thioether (sulfide) groups is 1. The third kappa shape index (κ3) is 5.02. The monoisotopic (exact) mass is 570 g/mol. The number of amides is 1. The second kappa shape index (κ2) is 11.3. The van der Waals surface area contributed by atoms with Crippen molar-refractivity contribution in [2.75, 3.05) is 37.6 Å². The molecule has 0 radical (unpaired) electrons. The number of benzene rings is 2. The minimum Gasteiger partial charge on any atom is -0.359 e. The van der Waals surface area contributed by atoms with Crippen molar-refractivity contribution in [1.82, 2.24) is 14.5 Å². The van der Waals surface area contributed by atoms with E-state index in [4.69, 9.17) is 9.47 Å². The quantitative estimate of drug-likeness (QED) is 0.322. The van der Waals surface area contributed by atoms with E-state index in [2.05, 4.69) is 11.6 Å². The highest BCUT2D eigenvalue weighted by molar-refractivity contribution is 7.99. The minimum absolute atomic E-state index is 0.0624. The Morgan fingerprint density at radius 1 is 1.20 bits per heavy atom. The Hall–Kier alpha value is -3.28. The molecule has 2 aliphatic rings. The van der Waals surface area contributed by atoms with Gasteiger partial charge in [0.05, 0.1) is 18.2 Å². The Kier molecular flexibility index (Phi) is 7.98. The van der Waals surface area contributed by atoms with Crippen molar-refractivity contribution in [3.8, 4) is 11.1 Å². The molecule has 0 aliphatic carbocycles. The molecule has 212 valence electrons. The van der Waals surface area contributed by atoms with Crippen LogP contribution in [0.25, 0.3) is 22.0 Å². The van der Waals surface area contributed by atoms with E-state index in [1.165, 1.54) is 37.1 Å². The van der Waals surface area contributed by atoms with Gasteiger partial charge in [-0.05, 0) is 50.6 Å². The van der Waals surface area contributed by atoms with Crippen LogP contribution in [-0.4, -0.2) is 71.3 Å². The van der Waals surface area contributed by atoms with Crippen molar-refractivity contribution in [3.63, 3.8) is 0 Å². The third-order valence-corrected chi connectivity index (χ3v) is 8.69. The maximum Gasteiger partial charge on any atom is 0.350 e. The number of hydrogen-bond donors (Lipinski definition) is 0. The zero-order chi connectivity index (χ0) is 28.7. The molecule has 0 bridgehead atoms. The summed E-state index contributed by atoms with van der Waals surface area (Å²) in [6, 6.07) is 5.18. The first-order valence-electron chi connectivity index (χ1n) is 13.1. The van der Waals surface area contributed by atoms with Gasteiger partial charge in [0, 0.05) is 65.5 Å². The third-order valence-electron chi connectivity index (χ3n) is 7.47. The fourth-order valence-corrected chi connectivity index (χ4v) is 7.16. The summed E-state index contributed by atoms with van der Waals surface area (Å²) in [5.41, 5.74) is 1.83. The second-order valence-corrected chi connectivity index (χ2v) is 11.3. The number of hydrogen-bond acceptors (Lipinski definition) is 7. The first-order valence-corrected chi connectivity index (χ1v) is 14.1. The number of ether oxygens (including phenoxy) is 2. The molecule has 1 fully saturated rings. The van der Waals surface area contributed by atoms with Crippen LogP contribution in [0.4, 0.5) is 14.6 Å². The van der Waals surface area contributed by atoms with Gasteiger partial charge in [-0.25, -0.2) is 13.6 Å². The van der Waals surface area contributed by atoms with Gasteiger partial charge in [-0.2, -0.15) is 4.98 Å². The molecular weight excluding hydrogens is 538 g/mol. The zero-order valence-corrected chi connectivity index (χ0v) is 23.8. The summed E-state index contributed by atoms with van der Waals surface area (Å²) < 4.78 is 41.5. The van der Waals surface area contributed by atoms with Crippen LogP contribution in [0.2, 0.25) is 0 Å². The van der Waals surface area contributed by atoms with Crippen molar-refractivity contribution in [3.05, 3.63) is 64.6 Å². The van der Waals surface area contributed by atoms with Gasteiger partial charge in [-0.15, -0.1) is 11.8 Å². The SMILES string of the molecule is C=CC(=O)N1[C@H](C)CN(c2nc(=O)n3c4c(c(-c5ccc(F)cc5F)c(C)cc24)SC[C@H](OCOC)C3)C[C@@H]1C. The molecule has 1 amide bonds.